The molecule has 6 aromatic carbocycles. The fourth-order valence-electron chi connectivity index (χ4n) is 8.47. The molecule has 0 spiro atoms. The number of fused-ring (bicyclic) bond motifs is 9. The third-order valence-electron chi connectivity index (χ3n) is 10.9. The molecule has 0 aliphatic carbocycles. The van der Waals surface area contributed by atoms with Crippen molar-refractivity contribution in [1.29, 1.82) is 0 Å². The summed E-state index contributed by atoms with van der Waals surface area (Å²) in [6.45, 7) is 4.34. The van der Waals surface area contributed by atoms with E-state index >= 15 is 0 Å². The molecule has 0 unspecified atom stereocenters. The molecule has 11 rings (SSSR count). The average molecular weight is 696 g/mol. The maximum atomic E-state index is 6.67. The highest BCUT2D eigenvalue weighted by Gasteiger charge is 2.19. The van der Waals surface area contributed by atoms with Crippen LogP contribution in [-0.4, -0.2) is 23.5 Å². The van der Waals surface area contributed by atoms with Gasteiger partial charge in [0.1, 0.15) is 23.0 Å². The SMILES string of the molecule is Cc1cccc(C)c1-c1cc2ccc(Oc3ccc4c5ccccc5n(-c5cc6c(cn5)c5ccccc5n6-c5ccccc5)c4c3)cc2c2nccn12. The van der Waals surface area contributed by atoms with E-state index in [9.17, 15) is 0 Å². The van der Waals surface area contributed by atoms with Crippen molar-refractivity contribution in [1.82, 2.24) is 23.5 Å². The number of aryl methyl sites for hydroxylation is 2. The second-order valence-electron chi connectivity index (χ2n) is 14.0. The van der Waals surface area contributed by atoms with Crippen LogP contribution in [0.3, 0.4) is 0 Å². The fraction of sp³-hybridized carbons (Fsp3) is 0.0417. The molecule has 54 heavy (non-hydrogen) atoms. The predicted molar refractivity (Wildman–Crippen MR) is 221 cm³/mol. The summed E-state index contributed by atoms with van der Waals surface area (Å²) in [7, 11) is 0. The molecule has 0 fully saturated rings. The first kappa shape index (κ1) is 30.4. The Bertz CT molecular complexity index is 3260. The lowest BCUT2D eigenvalue weighted by molar-refractivity contribution is 0.484. The van der Waals surface area contributed by atoms with Gasteiger partial charge in [-0.3, -0.25) is 8.97 Å². The van der Waals surface area contributed by atoms with E-state index in [1.807, 2.05) is 24.7 Å². The Morgan fingerprint density at radius 2 is 1.17 bits per heavy atom. The second-order valence-corrected chi connectivity index (χ2v) is 14.0. The van der Waals surface area contributed by atoms with Crippen molar-refractivity contribution in [2.24, 2.45) is 0 Å². The Hall–Kier alpha value is -7.18. The normalized spacial score (nSPS) is 11.9. The summed E-state index contributed by atoms with van der Waals surface area (Å²) in [6.07, 6.45) is 5.93. The van der Waals surface area contributed by atoms with Gasteiger partial charge in [0.25, 0.3) is 0 Å². The summed E-state index contributed by atoms with van der Waals surface area (Å²) in [5, 5.41) is 6.75. The molecule has 5 heterocycles. The summed E-state index contributed by atoms with van der Waals surface area (Å²) < 4.78 is 13.5. The Kier molecular flexibility index (Phi) is 6.58. The molecule has 6 heteroatoms. The lowest BCUT2D eigenvalue weighted by Gasteiger charge is -2.15. The lowest BCUT2D eigenvalue weighted by Crippen LogP contribution is -1.99. The van der Waals surface area contributed by atoms with Gasteiger partial charge in [-0.1, -0.05) is 78.9 Å². The topological polar surface area (TPSA) is 49.3 Å². The summed E-state index contributed by atoms with van der Waals surface area (Å²) in [5.41, 5.74) is 11.2. The van der Waals surface area contributed by atoms with Crippen LogP contribution in [0.15, 0.2) is 164 Å². The summed E-state index contributed by atoms with van der Waals surface area (Å²) in [6, 6.07) is 51.2. The molecule has 0 radical (unpaired) electrons. The molecule has 0 aliphatic rings. The smallest absolute Gasteiger partial charge is 0.145 e. The largest absolute Gasteiger partial charge is 0.457 e. The van der Waals surface area contributed by atoms with Crippen molar-refractivity contribution in [3.63, 3.8) is 0 Å². The highest BCUT2D eigenvalue weighted by atomic mass is 16.5. The zero-order valence-electron chi connectivity index (χ0n) is 29.7. The summed E-state index contributed by atoms with van der Waals surface area (Å²) in [4.78, 5) is 9.92. The second kappa shape index (κ2) is 11.7. The summed E-state index contributed by atoms with van der Waals surface area (Å²) in [5.74, 6) is 2.34. The van der Waals surface area contributed by atoms with E-state index in [4.69, 9.17) is 14.7 Å². The highest BCUT2D eigenvalue weighted by Crippen LogP contribution is 2.39. The summed E-state index contributed by atoms with van der Waals surface area (Å²) >= 11 is 0. The maximum absolute atomic E-state index is 6.67. The number of imidazole rings is 1. The first-order valence-electron chi connectivity index (χ1n) is 18.2. The molecule has 0 atom stereocenters. The lowest BCUT2D eigenvalue weighted by atomic mass is 9.98. The Morgan fingerprint density at radius 3 is 1.98 bits per heavy atom. The van der Waals surface area contributed by atoms with Crippen LogP contribution in [0.5, 0.6) is 11.5 Å². The van der Waals surface area contributed by atoms with E-state index in [1.54, 1.807) is 0 Å². The van der Waals surface area contributed by atoms with Crippen molar-refractivity contribution >= 4 is 60.0 Å². The van der Waals surface area contributed by atoms with Crippen LogP contribution >= 0.6 is 0 Å². The van der Waals surface area contributed by atoms with Gasteiger partial charge in [0, 0.05) is 68.9 Å². The van der Waals surface area contributed by atoms with Crippen molar-refractivity contribution < 1.29 is 4.74 Å². The van der Waals surface area contributed by atoms with Crippen LogP contribution < -0.4 is 4.74 Å². The predicted octanol–water partition coefficient (Wildman–Crippen LogP) is 12.2. The molecule has 11 aromatic rings. The molecule has 0 bridgehead atoms. The minimum Gasteiger partial charge on any atom is -0.457 e. The number of pyridine rings is 2. The third kappa shape index (κ3) is 4.53. The minimum absolute atomic E-state index is 0.747. The number of nitrogens with zero attached hydrogens (tertiary/aromatic N) is 5. The van der Waals surface area contributed by atoms with E-state index in [2.05, 4.69) is 167 Å². The first-order chi connectivity index (χ1) is 26.6. The van der Waals surface area contributed by atoms with Gasteiger partial charge in [-0.15, -0.1) is 0 Å². The van der Waals surface area contributed by atoms with Crippen LogP contribution in [0.4, 0.5) is 0 Å². The van der Waals surface area contributed by atoms with Crippen molar-refractivity contribution in [3.05, 3.63) is 175 Å². The molecule has 0 saturated heterocycles. The fourth-order valence-corrected chi connectivity index (χ4v) is 8.47. The number of hydrogen-bond acceptors (Lipinski definition) is 3. The van der Waals surface area contributed by atoms with Crippen LogP contribution in [-0.2, 0) is 0 Å². The van der Waals surface area contributed by atoms with Crippen LogP contribution in [0.2, 0.25) is 0 Å². The molecule has 0 saturated carbocycles. The number of ether oxygens (including phenoxy) is 1. The van der Waals surface area contributed by atoms with E-state index in [0.717, 1.165) is 83.3 Å². The van der Waals surface area contributed by atoms with E-state index in [-0.39, 0.29) is 0 Å². The van der Waals surface area contributed by atoms with Gasteiger partial charge < -0.3 is 9.30 Å². The van der Waals surface area contributed by atoms with Crippen molar-refractivity contribution in [3.8, 4) is 34.3 Å². The van der Waals surface area contributed by atoms with Gasteiger partial charge in [-0.2, -0.15) is 0 Å². The first-order valence-corrected chi connectivity index (χ1v) is 18.2. The van der Waals surface area contributed by atoms with Crippen LogP contribution in [0, 0.1) is 13.8 Å². The number of rotatable bonds is 5. The Morgan fingerprint density at radius 1 is 0.500 bits per heavy atom. The quantitative estimate of drug-likeness (QED) is 0.180. The van der Waals surface area contributed by atoms with Gasteiger partial charge in [0.15, 0.2) is 0 Å². The molecular weight excluding hydrogens is 663 g/mol. The van der Waals surface area contributed by atoms with Crippen molar-refractivity contribution in [2.45, 2.75) is 13.8 Å². The van der Waals surface area contributed by atoms with Gasteiger partial charge in [0.2, 0.25) is 0 Å². The van der Waals surface area contributed by atoms with Crippen LogP contribution in [0.1, 0.15) is 11.1 Å². The van der Waals surface area contributed by atoms with E-state index in [1.165, 1.54) is 22.1 Å². The number of benzene rings is 6. The van der Waals surface area contributed by atoms with Gasteiger partial charge in [-0.25, -0.2) is 9.97 Å². The molecule has 5 aromatic heterocycles. The molecule has 0 aliphatic heterocycles. The number of aromatic nitrogens is 5. The van der Waals surface area contributed by atoms with E-state index < -0.39 is 0 Å². The molecule has 256 valence electrons. The van der Waals surface area contributed by atoms with Gasteiger partial charge >= 0.3 is 0 Å². The standard InChI is InChI=1S/C48H33N5O/c1-30-11-10-12-31(2)47(30)45-25-32-19-20-34(26-39(32)48-49-23-24-51(45)48)54-35-21-22-38-36-15-6-9-18-42(36)53(43(38)27-35)46-28-44-40(29-50-46)37-16-7-8-17-41(37)52(44)33-13-4-3-5-14-33/h3-29H,1-2H3. The molecule has 6 nitrogen and oxygen atoms in total. The van der Waals surface area contributed by atoms with Gasteiger partial charge in [-0.05, 0) is 85.0 Å². The number of para-hydroxylation sites is 3. The Balaban J connectivity index is 1.06. The third-order valence-corrected chi connectivity index (χ3v) is 10.9. The van der Waals surface area contributed by atoms with Gasteiger partial charge in [0.05, 0.1) is 27.8 Å². The number of hydrogen-bond donors (Lipinski definition) is 0. The molecular formula is C48H33N5O. The zero-order valence-corrected chi connectivity index (χ0v) is 29.7. The van der Waals surface area contributed by atoms with Crippen LogP contribution in [0.25, 0.3) is 82.8 Å². The average Bonchev–Trinajstić information content (AvgIpc) is 3.91. The molecule has 0 N–H and O–H groups in total. The van der Waals surface area contributed by atoms with E-state index in [0.29, 0.717) is 0 Å². The maximum Gasteiger partial charge on any atom is 0.145 e. The zero-order chi connectivity index (χ0) is 35.9. The monoisotopic (exact) mass is 695 g/mol. The molecule has 0 amide bonds. The highest BCUT2D eigenvalue weighted by molar-refractivity contribution is 6.11. The van der Waals surface area contributed by atoms with Crippen molar-refractivity contribution in [2.75, 3.05) is 0 Å². The Labute approximate surface area is 310 Å². The minimum atomic E-state index is 0.747.